The van der Waals surface area contributed by atoms with Crippen molar-refractivity contribution in [2.45, 2.75) is 73.4 Å². The summed E-state index contributed by atoms with van der Waals surface area (Å²) in [7, 11) is 0. The third kappa shape index (κ3) is 4.66. The Morgan fingerprint density at radius 3 is 2.50 bits per heavy atom. The molecule has 0 radical (unpaired) electrons. The van der Waals surface area contributed by atoms with Crippen LogP contribution < -0.4 is 5.32 Å². The second kappa shape index (κ2) is 7.46. The maximum atomic E-state index is 11.9. The van der Waals surface area contributed by atoms with Gasteiger partial charge in [0.2, 0.25) is 5.91 Å². The first kappa shape index (κ1) is 16.7. The van der Waals surface area contributed by atoms with Crippen LogP contribution in [-0.4, -0.2) is 21.7 Å². The van der Waals surface area contributed by atoms with Crippen LogP contribution in [0.3, 0.4) is 0 Å². The summed E-state index contributed by atoms with van der Waals surface area (Å²) in [5, 5.41) is 7.60. The van der Waals surface area contributed by atoms with E-state index < -0.39 is 0 Å². The zero-order chi connectivity index (χ0) is 15.3. The van der Waals surface area contributed by atoms with Gasteiger partial charge in [0.25, 0.3) is 0 Å². The summed E-state index contributed by atoms with van der Waals surface area (Å²) in [6.07, 6.45) is 2.29. The fourth-order valence-corrected chi connectivity index (χ4v) is 2.31. The zero-order valence-corrected chi connectivity index (χ0v) is 13.8. The first-order valence-electron chi connectivity index (χ1n) is 7.67. The van der Waals surface area contributed by atoms with Crippen molar-refractivity contribution in [1.29, 1.82) is 0 Å². The Balaban J connectivity index is 2.64. The van der Waals surface area contributed by atoms with Crippen LogP contribution in [0.2, 0.25) is 0 Å². The molecule has 1 heterocycles. The molecule has 0 spiro atoms. The maximum Gasteiger partial charge on any atom is 0.220 e. The van der Waals surface area contributed by atoms with E-state index in [0.717, 1.165) is 25.1 Å². The number of nitrogens with zero attached hydrogens (tertiary/aromatic N) is 2. The van der Waals surface area contributed by atoms with Gasteiger partial charge in [-0.3, -0.25) is 9.48 Å². The Hall–Kier alpha value is -1.32. The minimum absolute atomic E-state index is 0.134. The minimum atomic E-state index is 0.134. The molecule has 1 N–H and O–H groups in total. The monoisotopic (exact) mass is 279 g/mol. The number of hydrogen-bond acceptors (Lipinski definition) is 2. The summed E-state index contributed by atoms with van der Waals surface area (Å²) in [6.45, 7) is 13.6. The van der Waals surface area contributed by atoms with Crippen LogP contribution in [-0.2, 0) is 17.8 Å². The van der Waals surface area contributed by atoms with Gasteiger partial charge in [-0.05, 0) is 45.1 Å². The van der Waals surface area contributed by atoms with Crippen LogP contribution in [0.1, 0.15) is 57.5 Å². The van der Waals surface area contributed by atoms with Crippen LogP contribution in [0.25, 0.3) is 0 Å². The largest absolute Gasteiger partial charge is 0.354 e. The number of rotatable bonds is 7. The van der Waals surface area contributed by atoms with Crippen molar-refractivity contribution < 1.29 is 4.79 Å². The second-order valence-electron chi connectivity index (χ2n) is 6.10. The van der Waals surface area contributed by atoms with E-state index in [4.69, 9.17) is 0 Å². The standard InChI is InChI=1S/C16H29N3O/c1-7-12(4)17-16(20)9-8-15-13(5)18-19(14(15)6)10-11(2)3/h11-12H,7-10H2,1-6H3,(H,17,20). The number of amides is 1. The summed E-state index contributed by atoms with van der Waals surface area (Å²) in [4.78, 5) is 11.9. The van der Waals surface area contributed by atoms with Crippen molar-refractivity contribution in [3.8, 4) is 0 Å². The van der Waals surface area contributed by atoms with Gasteiger partial charge in [0.15, 0.2) is 0 Å². The Morgan fingerprint density at radius 2 is 1.95 bits per heavy atom. The van der Waals surface area contributed by atoms with Crippen molar-refractivity contribution in [2.75, 3.05) is 0 Å². The van der Waals surface area contributed by atoms with Gasteiger partial charge in [-0.25, -0.2) is 0 Å². The van der Waals surface area contributed by atoms with E-state index in [0.29, 0.717) is 12.3 Å². The molecule has 1 aromatic heterocycles. The number of carbonyl (C=O) groups excluding carboxylic acids is 1. The van der Waals surface area contributed by atoms with E-state index in [1.54, 1.807) is 0 Å². The number of hydrogen-bond donors (Lipinski definition) is 1. The lowest BCUT2D eigenvalue weighted by Gasteiger charge is -2.11. The molecule has 1 amide bonds. The lowest BCUT2D eigenvalue weighted by atomic mass is 10.1. The van der Waals surface area contributed by atoms with Crippen molar-refractivity contribution in [3.63, 3.8) is 0 Å². The summed E-state index contributed by atoms with van der Waals surface area (Å²) in [6, 6.07) is 0.258. The van der Waals surface area contributed by atoms with Crippen molar-refractivity contribution >= 4 is 5.91 Å². The lowest BCUT2D eigenvalue weighted by molar-refractivity contribution is -0.121. The first-order chi connectivity index (χ1) is 9.35. The van der Waals surface area contributed by atoms with Gasteiger partial charge in [0.1, 0.15) is 0 Å². The Morgan fingerprint density at radius 1 is 1.30 bits per heavy atom. The minimum Gasteiger partial charge on any atom is -0.354 e. The van der Waals surface area contributed by atoms with Gasteiger partial charge in [0, 0.05) is 24.7 Å². The summed E-state index contributed by atoms with van der Waals surface area (Å²) in [5.41, 5.74) is 3.48. The van der Waals surface area contributed by atoms with Gasteiger partial charge in [-0.1, -0.05) is 20.8 Å². The molecule has 0 aliphatic heterocycles. The molecule has 0 saturated heterocycles. The molecular formula is C16H29N3O. The predicted molar refractivity (Wildman–Crippen MR) is 82.8 cm³/mol. The Bertz CT molecular complexity index is 449. The number of aryl methyl sites for hydroxylation is 1. The smallest absolute Gasteiger partial charge is 0.220 e. The normalized spacial score (nSPS) is 12.8. The fraction of sp³-hybridized carbons (Fsp3) is 0.750. The van der Waals surface area contributed by atoms with Gasteiger partial charge in [0.05, 0.1) is 5.69 Å². The summed E-state index contributed by atoms with van der Waals surface area (Å²) < 4.78 is 2.07. The van der Waals surface area contributed by atoms with E-state index in [1.807, 2.05) is 13.8 Å². The molecule has 1 rings (SSSR count). The molecule has 114 valence electrons. The van der Waals surface area contributed by atoms with E-state index in [1.165, 1.54) is 11.3 Å². The van der Waals surface area contributed by atoms with Crippen molar-refractivity contribution in [1.82, 2.24) is 15.1 Å². The molecule has 20 heavy (non-hydrogen) atoms. The van der Waals surface area contributed by atoms with E-state index in [9.17, 15) is 4.79 Å². The van der Waals surface area contributed by atoms with Gasteiger partial charge < -0.3 is 5.32 Å². The third-order valence-corrected chi connectivity index (χ3v) is 3.69. The van der Waals surface area contributed by atoms with E-state index in [2.05, 4.69) is 42.8 Å². The number of carbonyl (C=O) groups is 1. The molecule has 4 heteroatoms. The van der Waals surface area contributed by atoms with E-state index >= 15 is 0 Å². The second-order valence-corrected chi connectivity index (χ2v) is 6.10. The maximum absolute atomic E-state index is 11.9. The molecule has 0 fully saturated rings. The highest BCUT2D eigenvalue weighted by Crippen LogP contribution is 2.16. The average molecular weight is 279 g/mol. The number of nitrogens with one attached hydrogen (secondary N) is 1. The van der Waals surface area contributed by atoms with Gasteiger partial charge in [-0.15, -0.1) is 0 Å². The zero-order valence-electron chi connectivity index (χ0n) is 13.8. The number of aromatic nitrogens is 2. The van der Waals surface area contributed by atoms with Crippen LogP contribution in [0, 0.1) is 19.8 Å². The molecule has 0 saturated carbocycles. The first-order valence-corrected chi connectivity index (χ1v) is 7.67. The van der Waals surface area contributed by atoms with Crippen molar-refractivity contribution in [3.05, 3.63) is 17.0 Å². The summed E-state index contributed by atoms with van der Waals surface area (Å²) in [5.74, 6) is 0.712. The van der Waals surface area contributed by atoms with E-state index in [-0.39, 0.29) is 11.9 Å². The highest BCUT2D eigenvalue weighted by molar-refractivity contribution is 5.76. The average Bonchev–Trinajstić information content (AvgIpc) is 2.61. The molecule has 4 nitrogen and oxygen atoms in total. The molecule has 1 aromatic rings. The highest BCUT2D eigenvalue weighted by Gasteiger charge is 2.14. The quantitative estimate of drug-likeness (QED) is 0.834. The van der Waals surface area contributed by atoms with Crippen LogP contribution in [0.4, 0.5) is 0 Å². The molecule has 0 aromatic carbocycles. The van der Waals surface area contributed by atoms with Crippen LogP contribution in [0.15, 0.2) is 0 Å². The van der Waals surface area contributed by atoms with Crippen LogP contribution in [0.5, 0.6) is 0 Å². The highest BCUT2D eigenvalue weighted by atomic mass is 16.1. The fourth-order valence-electron chi connectivity index (χ4n) is 2.31. The molecule has 0 bridgehead atoms. The van der Waals surface area contributed by atoms with Gasteiger partial charge in [-0.2, -0.15) is 5.10 Å². The molecule has 1 unspecified atom stereocenters. The van der Waals surface area contributed by atoms with Crippen molar-refractivity contribution in [2.24, 2.45) is 5.92 Å². The lowest BCUT2D eigenvalue weighted by Crippen LogP contribution is -2.32. The third-order valence-electron chi connectivity index (χ3n) is 3.69. The summed E-state index contributed by atoms with van der Waals surface area (Å²) >= 11 is 0. The SMILES string of the molecule is CCC(C)NC(=O)CCc1c(C)nn(CC(C)C)c1C. The Kier molecular flexibility index (Phi) is 6.24. The molecular weight excluding hydrogens is 250 g/mol. The predicted octanol–water partition coefficient (Wildman–Crippen LogP) is 3.00. The topological polar surface area (TPSA) is 46.9 Å². The van der Waals surface area contributed by atoms with Gasteiger partial charge >= 0.3 is 0 Å². The van der Waals surface area contributed by atoms with Crippen LogP contribution >= 0.6 is 0 Å². The Labute approximate surface area is 122 Å². The molecule has 0 aliphatic carbocycles. The molecule has 1 atom stereocenters. The molecule has 0 aliphatic rings.